The van der Waals surface area contributed by atoms with Gasteiger partial charge in [-0.25, -0.2) is 14.4 Å². The first-order valence-electron chi connectivity index (χ1n) is 12.4. The Hall–Kier alpha value is -3.75. The number of aryl methyl sites for hydroxylation is 2. The summed E-state index contributed by atoms with van der Waals surface area (Å²) in [6.07, 6.45) is 0.558. The molecule has 36 heavy (non-hydrogen) atoms. The number of amides is 3. The van der Waals surface area contributed by atoms with Gasteiger partial charge in [0.25, 0.3) is 0 Å². The fourth-order valence-corrected chi connectivity index (χ4v) is 5.01. The zero-order valence-corrected chi connectivity index (χ0v) is 20.7. The summed E-state index contributed by atoms with van der Waals surface area (Å²) < 4.78 is 5.40. The number of para-hydroxylation sites is 1. The van der Waals surface area contributed by atoms with E-state index in [2.05, 4.69) is 5.32 Å². The lowest BCUT2D eigenvalue weighted by Gasteiger charge is -2.37. The van der Waals surface area contributed by atoms with E-state index in [0.29, 0.717) is 50.0 Å². The highest BCUT2D eigenvalue weighted by molar-refractivity contribution is 5.91. The standard InChI is InChI=1S/C27H33N3O6/c1-3-19-15-18(14-17(2)24(19)31)16-23(25(32)33)36-27(35)29-11-9-21(10-12-29)30-13-8-20-6-4-5-7-22(20)28-26(30)34/h4-7,14-15,21,23,31H,3,8-13,16H2,1-2H3,(H,28,34)(H,32,33). The number of fused-ring (bicyclic) bond motifs is 1. The summed E-state index contributed by atoms with van der Waals surface area (Å²) in [6, 6.07) is 11.1. The summed E-state index contributed by atoms with van der Waals surface area (Å²) in [7, 11) is 0. The van der Waals surface area contributed by atoms with Crippen molar-refractivity contribution in [1.29, 1.82) is 0 Å². The number of nitrogens with one attached hydrogen (secondary N) is 1. The molecule has 0 saturated carbocycles. The molecule has 2 aliphatic heterocycles. The number of rotatable bonds is 6. The normalized spacial score (nSPS) is 17.1. The number of hydrogen-bond donors (Lipinski definition) is 3. The number of phenols is 1. The third-order valence-corrected chi connectivity index (χ3v) is 7.07. The zero-order chi connectivity index (χ0) is 25.8. The maximum Gasteiger partial charge on any atom is 0.410 e. The number of nitrogens with zero attached hydrogens (tertiary/aromatic N) is 2. The lowest BCUT2D eigenvalue weighted by molar-refractivity contribution is -0.147. The van der Waals surface area contributed by atoms with Crippen LogP contribution in [0.4, 0.5) is 15.3 Å². The maximum absolute atomic E-state index is 12.8. The van der Waals surface area contributed by atoms with Crippen LogP contribution in [-0.4, -0.2) is 69.9 Å². The van der Waals surface area contributed by atoms with E-state index in [4.69, 9.17) is 4.74 Å². The van der Waals surface area contributed by atoms with E-state index in [0.717, 1.165) is 23.2 Å². The number of benzene rings is 2. The summed E-state index contributed by atoms with van der Waals surface area (Å²) in [5.74, 6) is -1.02. The van der Waals surface area contributed by atoms with Crippen LogP contribution in [0.15, 0.2) is 36.4 Å². The van der Waals surface area contributed by atoms with Gasteiger partial charge in [-0.05, 0) is 60.9 Å². The van der Waals surface area contributed by atoms with Crippen molar-refractivity contribution in [3.8, 4) is 5.75 Å². The second-order valence-electron chi connectivity index (χ2n) is 9.44. The number of anilines is 1. The Bertz CT molecular complexity index is 1140. The highest BCUT2D eigenvalue weighted by Gasteiger charge is 2.33. The van der Waals surface area contributed by atoms with Crippen molar-refractivity contribution in [2.45, 2.75) is 58.1 Å². The quantitative estimate of drug-likeness (QED) is 0.558. The number of hydrogen-bond acceptors (Lipinski definition) is 5. The molecular formula is C27H33N3O6. The Kier molecular flexibility index (Phi) is 7.67. The number of likely N-dealkylation sites (tertiary alicyclic amines) is 1. The van der Waals surface area contributed by atoms with Gasteiger partial charge in [0.15, 0.2) is 0 Å². The van der Waals surface area contributed by atoms with Crippen molar-refractivity contribution in [2.24, 2.45) is 0 Å². The Morgan fingerprint density at radius 2 is 1.89 bits per heavy atom. The molecule has 1 fully saturated rings. The van der Waals surface area contributed by atoms with E-state index in [9.17, 15) is 24.6 Å². The number of urea groups is 1. The summed E-state index contributed by atoms with van der Waals surface area (Å²) in [5, 5.41) is 22.8. The van der Waals surface area contributed by atoms with E-state index in [1.165, 1.54) is 4.90 Å². The van der Waals surface area contributed by atoms with Gasteiger partial charge in [-0.15, -0.1) is 0 Å². The van der Waals surface area contributed by atoms with Gasteiger partial charge in [0.2, 0.25) is 6.10 Å². The molecule has 2 heterocycles. The smallest absolute Gasteiger partial charge is 0.410 e. The topological polar surface area (TPSA) is 119 Å². The van der Waals surface area contributed by atoms with E-state index >= 15 is 0 Å². The number of phenolic OH excluding ortho intramolecular Hbond substituents is 1. The average molecular weight is 496 g/mol. The van der Waals surface area contributed by atoms with Gasteiger partial charge in [-0.1, -0.05) is 37.3 Å². The molecule has 4 rings (SSSR count). The molecule has 0 radical (unpaired) electrons. The number of piperidine rings is 1. The fourth-order valence-electron chi connectivity index (χ4n) is 5.01. The van der Waals surface area contributed by atoms with E-state index in [1.807, 2.05) is 36.1 Å². The van der Waals surface area contributed by atoms with E-state index in [-0.39, 0.29) is 24.2 Å². The first kappa shape index (κ1) is 25.3. The van der Waals surface area contributed by atoms with Crippen LogP contribution in [0, 0.1) is 6.92 Å². The Morgan fingerprint density at radius 3 is 2.58 bits per heavy atom. The SMILES string of the molecule is CCc1cc(CC(OC(=O)N2CCC(N3CCc4ccccc4NC3=O)CC2)C(=O)O)cc(C)c1O. The minimum Gasteiger partial charge on any atom is -0.507 e. The number of carboxylic acid groups (broad SMARTS) is 1. The minimum atomic E-state index is -1.33. The van der Waals surface area contributed by atoms with Crippen molar-refractivity contribution in [3.05, 3.63) is 58.7 Å². The Labute approximate surface area is 210 Å². The van der Waals surface area contributed by atoms with Gasteiger partial charge in [0, 0.05) is 37.8 Å². The van der Waals surface area contributed by atoms with Crippen LogP contribution in [0.25, 0.3) is 0 Å². The van der Waals surface area contributed by atoms with Crippen LogP contribution in [0.1, 0.15) is 42.0 Å². The monoisotopic (exact) mass is 495 g/mol. The number of carbonyl (C=O) groups is 3. The van der Waals surface area contributed by atoms with E-state index in [1.54, 1.807) is 19.1 Å². The summed E-state index contributed by atoms with van der Waals surface area (Å²) >= 11 is 0. The van der Waals surface area contributed by atoms with Crippen LogP contribution in [0.3, 0.4) is 0 Å². The van der Waals surface area contributed by atoms with Crippen LogP contribution < -0.4 is 5.32 Å². The lowest BCUT2D eigenvalue weighted by atomic mass is 9.99. The van der Waals surface area contributed by atoms with Crippen LogP contribution in [0.5, 0.6) is 5.75 Å². The number of ether oxygens (including phenoxy) is 1. The molecule has 9 nitrogen and oxygen atoms in total. The van der Waals surface area contributed by atoms with Crippen molar-refractivity contribution in [2.75, 3.05) is 25.0 Å². The van der Waals surface area contributed by atoms with Crippen molar-refractivity contribution in [1.82, 2.24) is 9.80 Å². The second kappa shape index (κ2) is 10.9. The highest BCUT2D eigenvalue weighted by atomic mass is 16.6. The molecular weight excluding hydrogens is 462 g/mol. The first-order chi connectivity index (χ1) is 17.3. The molecule has 192 valence electrons. The van der Waals surface area contributed by atoms with E-state index < -0.39 is 18.2 Å². The number of carbonyl (C=O) groups excluding carboxylic acids is 2. The van der Waals surface area contributed by atoms with Gasteiger partial charge < -0.3 is 30.1 Å². The van der Waals surface area contributed by atoms with Crippen molar-refractivity contribution in [3.63, 3.8) is 0 Å². The van der Waals surface area contributed by atoms with Gasteiger partial charge in [-0.3, -0.25) is 0 Å². The first-order valence-corrected chi connectivity index (χ1v) is 12.4. The summed E-state index contributed by atoms with van der Waals surface area (Å²) in [5.41, 5.74) is 4.00. The largest absolute Gasteiger partial charge is 0.507 e. The molecule has 2 aromatic carbocycles. The molecule has 3 amide bonds. The van der Waals surface area contributed by atoms with Crippen molar-refractivity contribution < 1.29 is 29.3 Å². The molecule has 0 aliphatic carbocycles. The Balaban J connectivity index is 1.34. The third kappa shape index (κ3) is 5.56. The molecule has 0 bridgehead atoms. The number of aliphatic carboxylic acids is 1. The third-order valence-electron chi connectivity index (χ3n) is 7.07. The molecule has 1 unspecified atom stereocenters. The number of aromatic hydroxyl groups is 1. The van der Waals surface area contributed by atoms with Crippen LogP contribution in [-0.2, 0) is 28.8 Å². The Morgan fingerprint density at radius 1 is 1.17 bits per heavy atom. The predicted octanol–water partition coefficient (Wildman–Crippen LogP) is 3.95. The van der Waals surface area contributed by atoms with Crippen molar-refractivity contribution >= 4 is 23.8 Å². The molecule has 2 aromatic rings. The van der Waals surface area contributed by atoms with Gasteiger partial charge >= 0.3 is 18.1 Å². The van der Waals surface area contributed by atoms with Gasteiger partial charge in [0.05, 0.1) is 0 Å². The minimum absolute atomic E-state index is 0.00827. The molecule has 0 spiro atoms. The molecule has 9 heteroatoms. The molecule has 0 aromatic heterocycles. The molecule has 2 aliphatic rings. The molecule has 3 N–H and O–H groups in total. The molecule has 1 saturated heterocycles. The highest BCUT2D eigenvalue weighted by Crippen LogP contribution is 2.27. The average Bonchev–Trinajstić information content (AvgIpc) is 3.03. The number of carboxylic acids is 1. The second-order valence-corrected chi connectivity index (χ2v) is 9.44. The van der Waals surface area contributed by atoms with Gasteiger partial charge in [0.1, 0.15) is 5.75 Å². The van der Waals surface area contributed by atoms with Gasteiger partial charge in [-0.2, -0.15) is 0 Å². The van der Waals surface area contributed by atoms with Crippen LogP contribution >= 0.6 is 0 Å². The zero-order valence-electron chi connectivity index (χ0n) is 20.7. The summed E-state index contributed by atoms with van der Waals surface area (Å²) in [4.78, 5) is 40.8. The predicted molar refractivity (Wildman–Crippen MR) is 134 cm³/mol. The maximum atomic E-state index is 12.8. The lowest BCUT2D eigenvalue weighted by Crippen LogP contribution is -2.50. The fraction of sp³-hybridized carbons (Fsp3) is 0.444. The summed E-state index contributed by atoms with van der Waals surface area (Å²) in [6.45, 7) is 5.03. The molecule has 1 atom stereocenters. The van der Waals surface area contributed by atoms with Crippen LogP contribution in [0.2, 0.25) is 0 Å².